The molecule has 9 heteroatoms. The van der Waals surface area contributed by atoms with Gasteiger partial charge in [0.2, 0.25) is 0 Å². The Bertz CT molecular complexity index is 1240. The van der Waals surface area contributed by atoms with Gasteiger partial charge in [-0.15, -0.1) is 0 Å². The highest BCUT2D eigenvalue weighted by atomic mass is 16.6. The minimum atomic E-state index is -0.0668. The molecule has 0 saturated carbocycles. The second-order valence-electron chi connectivity index (χ2n) is 8.38. The molecule has 3 aromatic rings. The Kier molecular flexibility index (Phi) is 6.19. The standard InChI is InChI=1S/C24H26N6O3/c25-13-17-11-21-20(28-14-17)1-2-24(31)30(21)8-7-29-5-3-18(4-6-29)26-15-19-12-22-23(16-27-19)33-10-9-32-22/h1-2,11-12,14,16,18,26H,3-10,15H2. The van der Waals surface area contributed by atoms with Gasteiger partial charge in [-0.1, -0.05) is 0 Å². The summed E-state index contributed by atoms with van der Waals surface area (Å²) in [5, 5.41) is 12.8. The zero-order chi connectivity index (χ0) is 22.6. The van der Waals surface area contributed by atoms with Crippen LogP contribution in [0.3, 0.4) is 0 Å². The zero-order valence-corrected chi connectivity index (χ0v) is 18.4. The Morgan fingerprint density at radius 1 is 1.06 bits per heavy atom. The summed E-state index contributed by atoms with van der Waals surface area (Å²) in [6, 6.07) is 9.48. The number of nitrogens with one attached hydrogen (secondary N) is 1. The summed E-state index contributed by atoms with van der Waals surface area (Å²) in [4.78, 5) is 23.6. The normalized spacial score (nSPS) is 16.6. The first-order chi connectivity index (χ1) is 16.2. The summed E-state index contributed by atoms with van der Waals surface area (Å²) in [6.07, 6.45) is 5.35. The van der Waals surface area contributed by atoms with Crippen LogP contribution in [0.4, 0.5) is 0 Å². The summed E-state index contributed by atoms with van der Waals surface area (Å²) in [7, 11) is 0. The molecule has 5 heterocycles. The minimum Gasteiger partial charge on any atom is -0.486 e. The van der Waals surface area contributed by atoms with Crippen molar-refractivity contribution in [3.05, 3.63) is 58.3 Å². The fraction of sp³-hybridized carbons (Fsp3) is 0.417. The van der Waals surface area contributed by atoms with Crippen LogP contribution in [-0.2, 0) is 13.1 Å². The third kappa shape index (κ3) is 4.82. The molecule has 0 aromatic carbocycles. The van der Waals surface area contributed by atoms with Crippen molar-refractivity contribution in [3.8, 4) is 17.6 Å². The second kappa shape index (κ2) is 9.57. The summed E-state index contributed by atoms with van der Waals surface area (Å²) >= 11 is 0. The van der Waals surface area contributed by atoms with Crippen LogP contribution in [0.5, 0.6) is 11.5 Å². The quantitative estimate of drug-likeness (QED) is 0.610. The highest BCUT2D eigenvalue weighted by Crippen LogP contribution is 2.29. The molecular formula is C24H26N6O3. The van der Waals surface area contributed by atoms with Crippen molar-refractivity contribution >= 4 is 11.0 Å². The van der Waals surface area contributed by atoms with E-state index in [1.54, 1.807) is 29.0 Å². The number of fused-ring (bicyclic) bond motifs is 2. The van der Waals surface area contributed by atoms with E-state index in [4.69, 9.17) is 9.47 Å². The van der Waals surface area contributed by atoms with Gasteiger partial charge in [0, 0.05) is 44.0 Å². The molecule has 0 amide bonds. The van der Waals surface area contributed by atoms with Crippen LogP contribution in [0.15, 0.2) is 41.5 Å². The van der Waals surface area contributed by atoms with E-state index in [2.05, 4.69) is 26.3 Å². The SMILES string of the molecule is N#Cc1cnc2ccc(=O)n(CCN3CCC(NCc4cc5c(cn4)OCCO5)CC3)c2c1. The van der Waals surface area contributed by atoms with Gasteiger partial charge in [0.25, 0.3) is 5.56 Å². The first kappa shape index (κ1) is 21.4. The molecule has 0 bridgehead atoms. The van der Waals surface area contributed by atoms with Gasteiger partial charge < -0.3 is 24.3 Å². The maximum Gasteiger partial charge on any atom is 0.251 e. The lowest BCUT2D eigenvalue weighted by molar-refractivity contribution is 0.170. The lowest BCUT2D eigenvalue weighted by Crippen LogP contribution is -2.43. The van der Waals surface area contributed by atoms with E-state index < -0.39 is 0 Å². The van der Waals surface area contributed by atoms with Crippen LogP contribution in [-0.4, -0.2) is 58.3 Å². The van der Waals surface area contributed by atoms with Gasteiger partial charge in [0.05, 0.1) is 28.5 Å². The molecular weight excluding hydrogens is 420 g/mol. The summed E-state index contributed by atoms with van der Waals surface area (Å²) in [5.74, 6) is 1.48. The number of piperidine rings is 1. The largest absolute Gasteiger partial charge is 0.486 e. The summed E-state index contributed by atoms with van der Waals surface area (Å²) < 4.78 is 12.9. The predicted octanol–water partition coefficient (Wildman–Crippen LogP) is 1.69. The third-order valence-corrected chi connectivity index (χ3v) is 6.25. The Morgan fingerprint density at radius 3 is 2.70 bits per heavy atom. The van der Waals surface area contributed by atoms with Crippen LogP contribution in [0.2, 0.25) is 0 Å². The molecule has 1 saturated heterocycles. The average molecular weight is 447 g/mol. The van der Waals surface area contributed by atoms with Crippen molar-refractivity contribution in [1.82, 2.24) is 24.8 Å². The number of aromatic nitrogens is 3. The lowest BCUT2D eigenvalue weighted by Gasteiger charge is -2.32. The van der Waals surface area contributed by atoms with Crippen molar-refractivity contribution in [2.75, 3.05) is 32.8 Å². The number of hydrogen-bond donors (Lipinski definition) is 1. The van der Waals surface area contributed by atoms with Crippen LogP contribution in [0.1, 0.15) is 24.1 Å². The molecule has 2 aliphatic rings. The second-order valence-corrected chi connectivity index (χ2v) is 8.38. The Labute approximate surface area is 191 Å². The number of rotatable bonds is 6. The number of pyridine rings is 3. The molecule has 0 aliphatic carbocycles. The van der Waals surface area contributed by atoms with Gasteiger partial charge in [-0.3, -0.25) is 14.8 Å². The maximum absolute atomic E-state index is 12.5. The number of nitriles is 1. The van der Waals surface area contributed by atoms with Crippen molar-refractivity contribution < 1.29 is 9.47 Å². The minimum absolute atomic E-state index is 0.0668. The highest BCUT2D eigenvalue weighted by molar-refractivity contribution is 5.75. The van der Waals surface area contributed by atoms with Gasteiger partial charge in [0.15, 0.2) is 11.5 Å². The molecule has 1 N–H and O–H groups in total. The van der Waals surface area contributed by atoms with Gasteiger partial charge >= 0.3 is 0 Å². The fourth-order valence-electron chi connectivity index (χ4n) is 4.40. The Morgan fingerprint density at radius 2 is 1.88 bits per heavy atom. The van der Waals surface area contributed by atoms with E-state index in [1.165, 1.54) is 6.20 Å². The average Bonchev–Trinajstić information content (AvgIpc) is 2.87. The molecule has 0 atom stereocenters. The lowest BCUT2D eigenvalue weighted by atomic mass is 10.0. The maximum atomic E-state index is 12.5. The Balaban J connectivity index is 1.14. The van der Waals surface area contributed by atoms with Crippen molar-refractivity contribution in [2.24, 2.45) is 0 Å². The van der Waals surface area contributed by atoms with Crippen molar-refractivity contribution in [1.29, 1.82) is 5.26 Å². The molecule has 33 heavy (non-hydrogen) atoms. The number of nitrogens with zero attached hydrogens (tertiary/aromatic N) is 5. The first-order valence-corrected chi connectivity index (χ1v) is 11.3. The first-order valence-electron chi connectivity index (χ1n) is 11.3. The highest BCUT2D eigenvalue weighted by Gasteiger charge is 2.20. The predicted molar refractivity (Wildman–Crippen MR) is 122 cm³/mol. The smallest absolute Gasteiger partial charge is 0.251 e. The topological polar surface area (TPSA) is 105 Å². The van der Waals surface area contributed by atoms with Gasteiger partial charge in [-0.05, 0) is 38.1 Å². The molecule has 1 fully saturated rings. The monoisotopic (exact) mass is 446 g/mol. The Hall–Kier alpha value is -3.48. The van der Waals surface area contributed by atoms with E-state index in [1.807, 2.05) is 6.07 Å². The van der Waals surface area contributed by atoms with E-state index >= 15 is 0 Å². The number of hydrogen-bond acceptors (Lipinski definition) is 8. The van der Waals surface area contributed by atoms with Crippen LogP contribution in [0.25, 0.3) is 11.0 Å². The van der Waals surface area contributed by atoms with E-state index in [0.29, 0.717) is 49.2 Å². The number of likely N-dealkylation sites (tertiary alicyclic amines) is 1. The fourth-order valence-corrected chi connectivity index (χ4v) is 4.40. The molecule has 0 unspecified atom stereocenters. The molecule has 5 rings (SSSR count). The summed E-state index contributed by atoms with van der Waals surface area (Å²) in [6.45, 7) is 5.13. The van der Waals surface area contributed by atoms with Crippen LogP contribution < -0.4 is 20.3 Å². The van der Waals surface area contributed by atoms with E-state index in [-0.39, 0.29) is 5.56 Å². The zero-order valence-electron chi connectivity index (χ0n) is 18.4. The third-order valence-electron chi connectivity index (χ3n) is 6.25. The molecule has 0 radical (unpaired) electrons. The molecule has 3 aromatic heterocycles. The van der Waals surface area contributed by atoms with Crippen LogP contribution >= 0.6 is 0 Å². The summed E-state index contributed by atoms with van der Waals surface area (Å²) in [5.41, 5.74) is 2.78. The van der Waals surface area contributed by atoms with Gasteiger partial charge in [-0.2, -0.15) is 5.26 Å². The van der Waals surface area contributed by atoms with Gasteiger partial charge in [-0.25, -0.2) is 0 Å². The molecule has 170 valence electrons. The molecule has 2 aliphatic heterocycles. The molecule has 9 nitrogen and oxygen atoms in total. The van der Waals surface area contributed by atoms with Crippen LogP contribution in [0, 0.1) is 11.3 Å². The van der Waals surface area contributed by atoms with Gasteiger partial charge in [0.1, 0.15) is 19.3 Å². The van der Waals surface area contributed by atoms with E-state index in [0.717, 1.165) is 49.4 Å². The van der Waals surface area contributed by atoms with Crippen molar-refractivity contribution in [2.45, 2.75) is 32.0 Å². The van der Waals surface area contributed by atoms with Crippen molar-refractivity contribution in [3.63, 3.8) is 0 Å². The molecule has 0 spiro atoms. The number of ether oxygens (including phenoxy) is 2. The van der Waals surface area contributed by atoms with E-state index in [9.17, 15) is 10.1 Å².